The minimum atomic E-state index is 0.539. The number of aromatic nitrogens is 2. The monoisotopic (exact) mass is 247 g/mol. The molecular weight excluding hydrogens is 230 g/mol. The summed E-state index contributed by atoms with van der Waals surface area (Å²) in [6.07, 6.45) is 3.32. The first-order valence-electron chi connectivity index (χ1n) is 5.90. The summed E-state index contributed by atoms with van der Waals surface area (Å²) in [6, 6.07) is 3.91. The zero-order chi connectivity index (χ0) is 13.0. The Hall–Kier alpha value is -2.04. The van der Waals surface area contributed by atoms with Gasteiger partial charge >= 0.3 is 0 Å². The zero-order valence-corrected chi connectivity index (χ0v) is 10.9. The molecule has 0 spiro atoms. The van der Waals surface area contributed by atoms with Crippen LogP contribution in [-0.2, 0) is 6.54 Å². The first-order chi connectivity index (χ1) is 8.69. The first kappa shape index (κ1) is 12.4. The molecule has 0 saturated heterocycles. The third kappa shape index (κ3) is 3.00. The van der Waals surface area contributed by atoms with Crippen LogP contribution < -0.4 is 9.64 Å². The van der Waals surface area contributed by atoms with Gasteiger partial charge in [-0.2, -0.15) is 4.98 Å². The van der Waals surface area contributed by atoms with Crippen molar-refractivity contribution >= 4 is 5.82 Å². The maximum Gasteiger partial charge on any atom is 0.234 e. The number of rotatable bonds is 5. The van der Waals surface area contributed by atoms with Crippen LogP contribution in [0.25, 0.3) is 0 Å². The van der Waals surface area contributed by atoms with Crippen LogP contribution in [0.4, 0.5) is 5.82 Å². The molecule has 0 amide bonds. The van der Waals surface area contributed by atoms with Crippen molar-refractivity contribution in [2.45, 2.75) is 20.4 Å². The molecule has 2 aromatic heterocycles. The van der Waals surface area contributed by atoms with Gasteiger partial charge in [0, 0.05) is 7.05 Å². The summed E-state index contributed by atoms with van der Waals surface area (Å²) in [5.74, 6) is 3.11. The third-order valence-corrected chi connectivity index (χ3v) is 2.47. The highest BCUT2D eigenvalue weighted by molar-refractivity contribution is 5.36. The van der Waals surface area contributed by atoms with Crippen LogP contribution in [0.2, 0.25) is 0 Å². The van der Waals surface area contributed by atoms with Gasteiger partial charge in [0.1, 0.15) is 11.5 Å². The lowest BCUT2D eigenvalue weighted by Crippen LogP contribution is -2.17. The summed E-state index contributed by atoms with van der Waals surface area (Å²) in [6.45, 7) is 5.08. The number of ether oxygens (including phenoxy) is 1. The normalized spacial score (nSPS) is 10.4. The molecule has 0 unspecified atom stereocenters. The van der Waals surface area contributed by atoms with E-state index < -0.39 is 0 Å². The third-order valence-electron chi connectivity index (χ3n) is 2.47. The maximum absolute atomic E-state index is 5.53. The molecule has 0 saturated carbocycles. The number of furan rings is 1. The summed E-state index contributed by atoms with van der Waals surface area (Å²) in [5, 5.41) is 0. The van der Waals surface area contributed by atoms with E-state index in [9.17, 15) is 0 Å². The molecule has 0 N–H and O–H groups in total. The summed E-state index contributed by atoms with van der Waals surface area (Å²) in [4.78, 5) is 10.4. The molecule has 0 radical (unpaired) electrons. The minimum Gasteiger partial charge on any atom is -0.477 e. The topological polar surface area (TPSA) is 51.4 Å². The summed E-state index contributed by atoms with van der Waals surface area (Å²) >= 11 is 0. The summed E-state index contributed by atoms with van der Waals surface area (Å²) < 4.78 is 10.9. The fraction of sp³-hybridized carbons (Fsp3) is 0.385. The van der Waals surface area contributed by atoms with Crippen molar-refractivity contribution in [3.63, 3.8) is 0 Å². The highest BCUT2D eigenvalue weighted by atomic mass is 16.5. The van der Waals surface area contributed by atoms with E-state index in [1.54, 1.807) is 12.4 Å². The van der Waals surface area contributed by atoms with Crippen LogP contribution in [0.15, 0.2) is 28.9 Å². The molecule has 96 valence electrons. The second kappa shape index (κ2) is 5.53. The molecule has 0 bridgehead atoms. The molecule has 0 aliphatic carbocycles. The van der Waals surface area contributed by atoms with Gasteiger partial charge in [-0.25, -0.2) is 0 Å². The number of aryl methyl sites for hydroxylation is 1. The van der Waals surface area contributed by atoms with Crippen molar-refractivity contribution in [2.24, 2.45) is 0 Å². The van der Waals surface area contributed by atoms with Gasteiger partial charge in [0.05, 0.1) is 25.5 Å². The summed E-state index contributed by atoms with van der Waals surface area (Å²) in [5.41, 5.74) is 0. The molecule has 18 heavy (non-hydrogen) atoms. The van der Waals surface area contributed by atoms with Crippen LogP contribution >= 0.6 is 0 Å². The van der Waals surface area contributed by atoms with Gasteiger partial charge in [0.25, 0.3) is 0 Å². The van der Waals surface area contributed by atoms with Gasteiger partial charge < -0.3 is 14.1 Å². The fourth-order valence-electron chi connectivity index (χ4n) is 1.62. The quantitative estimate of drug-likeness (QED) is 0.812. The van der Waals surface area contributed by atoms with E-state index >= 15 is 0 Å². The highest BCUT2D eigenvalue weighted by Gasteiger charge is 2.08. The fourth-order valence-corrected chi connectivity index (χ4v) is 1.62. The first-order valence-corrected chi connectivity index (χ1v) is 5.90. The molecule has 2 heterocycles. The van der Waals surface area contributed by atoms with Crippen LogP contribution in [0, 0.1) is 6.92 Å². The van der Waals surface area contributed by atoms with E-state index in [2.05, 4.69) is 9.97 Å². The molecule has 0 aromatic carbocycles. The van der Waals surface area contributed by atoms with Crippen molar-refractivity contribution in [3.05, 3.63) is 36.0 Å². The Balaban J connectivity index is 2.08. The van der Waals surface area contributed by atoms with E-state index in [0.717, 1.165) is 17.3 Å². The van der Waals surface area contributed by atoms with Crippen molar-refractivity contribution in [1.82, 2.24) is 9.97 Å². The van der Waals surface area contributed by atoms with Crippen molar-refractivity contribution in [2.75, 3.05) is 18.6 Å². The van der Waals surface area contributed by atoms with Gasteiger partial charge in [-0.05, 0) is 26.0 Å². The summed E-state index contributed by atoms with van der Waals surface area (Å²) in [7, 11) is 1.94. The zero-order valence-electron chi connectivity index (χ0n) is 10.9. The lowest BCUT2D eigenvalue weighted by molar-refractivity contribution is 0.325. The average molecular weight is 247 g/mol. The van der Waals surface area contributed by atoms with Crippen LogP contribution in [0.3, 0.4) is 0 Å². The molecule has 0 aliphatic heterocycles. The Morgan fingerprint density at radius 2 is 2.17 bits per heavy atom. The van der Waals surface area contributed by atoms with E-state index in [1.807, 2.05) is 37.9 Å². The second-order valence-corrected chi connectivity index (χ2v) is 4.02. The van der Waals surface area contributed by atoms with Crippen LogP contribution in [-0.4, -0.2) is 23.6 Å². The molecule has 2 aromatic rings. The lowest BCUT2D eigenvalue weighted by Gasteiger charge is -2.16. The molecular formula is C13H17N3O2. The number of hydrogen-bond donors (Lipinski definition) is 0. The van der Waals surface area contributed by atoms with E-state index in [1.165, 1.54) is 0 Å². The number of anilines is 1. The Kier molecular flexibility index (Phi) is 3.82. The lowest BCUT2D eigenvalue weighted by atomic mass is 10.4. The second-order valence-electron chi connectivity index (χ2n) is 4.02. The van der Waals surface area contributed by atoms with E-state index in [-0.39, 0.29) is 0 Å². The molecule has 2 rings (SSSR count). The molecule has 0 aliphatic rings. The average Bonchev–Trinajstić information content (AvgIpc) is 2.75. The van der Waals surface area contributed by atoms with Crippen LogP contribution in [0.1, 0.15) is 18.4 Å². The molecule has 5 nitrogen and oxygen atoms in total. The molecule has 5 heteroatoms. The predicted molar refractivity (Wildman–Crippen MR) is 68.8 cm³/mol. The minimum absolute atomic E-state index is 0.539. The number of nitrogens with zero attached hydrogens (tertiary/aromatic N) is 3. The Morgan fingerprint density at radius 3 is 2.83 bits per heavy atom. The Labute approximate surface area is 106 Å². The standard InChI is InChI=1S/C13H17N3O2/c1-4-17-13-8-14-7-12(15-13)16(3)9-11-6-5-10(2)18-11/h5-8H,4,9H2,1-3H3. The van der Waals surface area contributed by atoms with Gasteiger partial charge in [-0.1, -0.05) is 0 Å². The van der Waals surface area contributed by atoms with Gasteiger partial charge in [0.2, 0.25) is 5.88 Å². The van der Waals surface area contributed by atoms with Crippen LogP contribution in [0.5, 0.6) is 5.88 Å². The Morgan fingerprint density at radius 1 is 1.33 bits per heavy atom. The predicted octanol–water partition coefficient (Wildman–Crippen LogP) is 2.41. The van der Waals surface area contributed by atoms with Crippen molar-refractivity contribution in [3.8, 4) is 5.88 Å². The smallest absolute Gasteiger partial charge is 0.234 e. The van der Waals surface area contributed by atoms with Gasteiger partial charge in [0.15, 0.2) is 5.82 Å². The van der Waals surface area contributed by atoms with E-state index in [0.29, 0.717) is 19.0 Å². The highest BCUT2D eigenvalue weighted by Crippen LogP contribution is 2.16. The van der Waals surface area contributed by atoms with Gasteiger partial charge in [-0.3, -0.25) is 4.98 Å². The van der Waals surface area contributed by atoms with Crippen molar-refractivity contribution < 1.29 is 9.15 Å². The maximum atomic E-state index is 5.53. The molecule has 0 fully saturated rings. The SMILES string of the molecule is CCOc1cncc(N(C)Cc2ccc(C)o2)n1. The largest absolute Gasteiger partial charge is 0.477 e. The number of hydrogen-bond acceptors (Lipinski definition) is 5. The van der Waals surface area contributed by atoms with Crippen molar-refractivity contribution in [1.29, 1.82) is 0 Å². The molecule has 0 atom stereocenters. The van der Waals surface area contributed by atoms with E-state index in [4.69, 9.17) is 9.15 Å². The van der Waals surface area contributed by atoms with Gasteiger partial charge in [-0.15, -0.1) is 0 Å². The Bertz CT molecular complexity index is 510.